The van der Waals surface area contributed by atoms with Crippen molar-refractivity contribution < 1.29 is 23.9 Å². The second kappa shape index (κ2) is 8.22. The van der Waals surface area contributed by atoms with Crippen LogP contribution in [0.1, 0.15) is 55.3 Å². The van der Waals surface area contributed by atoms with Gasteiger partial charge in [0.2, 0.25) is 5.41 Å². The summed E-state index contributed by atoms with van der Waals surface area (Å²) >= 11 is 12.1. The average Bonchev–Trinajstić information content (AvgIpc) is 2.79. The molecule has 2 aromatic carbocycles. The Labute approximate surface area is 200 Å². The van der Waals surface area contributed by atoms with E-state index >= 15 is 0 Å². The third-order valence-electron chi connectivity index (χ3n) is 6.72. The molecule has 172 valence electrons. The Morgan fingerprint density at radius 1 is 0.697 bits per heavy atom. The molecule has 1 aliphatic carbocycles. The van der Waals surface area contributed by atoms with Gasteiger partial charge in [0, 0.05) is 22.9 Å². The predicted octanol–water partition coefficient (Wildman–Crippen LogP) is 4.84. The van der Waals surface area contributed by atoms with Gasteiger partial charge >= 0.3 is 18.0 Å². The number of hydrogen-bond donors (Lipinski definition) is 2. The first-order valence-corrected chi connectivity index (χ1v) is 11.6. The van der Waals surface area contributed by atoms with E-state index < -0.39 is 41.3 Å². The van der Waals surface area contributed by atoms with Gasteiger partial charge in [-0.2, -0.15) is 0 Å². The van der Waals surface area contributed by atoms with E-state index in [9.17, 15) is 14.4 Å². The minimum absolute atomic E-state index is 0.456. The fourth-order valence-corrected chi connectivity index (χ4v) is 5.33. The van der Waals surface area contributed by atoms with Crippen LogP contribution in [0.4, 0.5) is 4.79 Å². The number of halogens is 2. The highest BCUT2D eigenvalue weighted by molar-refractivity contribution is 6.30. The van der Waals surface area contributed by atoms with Crippen molar-refractivity contribution in [2.45, 2.75) is 50.0 Å². The van der Waals surface area contributed by atoms with E-state index in [0.717, 1.165) is 19.3 Å². The summed E-state index contributed by atoms with van der Waals surface area (Å²) < 4.78 is 11.9. The van der Waals surface area contributed by atoms with Gasteiger partial charge < -0.3 is 20.1 Å². The van der Waals surface area contributed by atoms with E-state index in [1.165, 1.54) is 0 Å². The first-order chi connectivity index (χ1) is 15.8. The first kappa shape index (κ1) is 22.0. The molecule has 2 amide bonds. The molecule has 2 aliphatic heterocycles. The number of nitrogens with one attached hydrogen (secondary N) is 2. The number of amides is 2. The largest absolute Gasteiger partial charge is 0.421 e. The fourth-order valence-electron chi connectivity index (χ4n) is 5.08. The Morgan fingerprint density at radius 3 is 1.55 bits per heavy atom. The number of carbonyl (C=O) groups excluding carboxylic acids is 3. The van der Waals surface area contributed by atoms with Crippen LogP contribution in [0.3, 0.4) is 0 Å². The van der Waals surface area contributed by atoms with Gasteiger partial charge in [0.1, 0.15) is 0 Å². The monoisotopic (exact) mass is 488 g/mol. The van der Waals surface area contributed by atoms with Crippen molar-refractivity contribution in [3.05, 3.63) is 69.7 Å². The first-order valence-electron chi connectivity index (χ1n) is 10.9. The standard InChI is InChI=1S/C24H22Cl2N2O5/c25-16-8-4-14(5-9-16)18-24(19(28-22(31)27-18)15-6-10-17(26)11-7-15)20(29)32-23(33-21(24)30)12-2-1-3-13-23/h4-11,18-19H,1-3,12-13H2,(H2,27,28,31)/t18-,19+. The number of hydrogen-bond acceptors (Lipinski definition) is 5. The molecule has 0 aromatic heterocycles. The van der Waals surface area contributed by atoms with Crippen LogP contribution in [0.25, 0.3) is 0 Å². The topological polar surface area (TPSA) is 93.7 Å². The molecule has 2 N–H and O–H groups in total. The van der Waals surface area contributed by atoms with Crippen LogP contribution in [0.15, 0.2) is 48.5 Å². The SMILES string of the molecule is O=C1N[C@H](c2ccc(Cl)cc2)C2(C(=O)OC3(CCCCC3)OC2=O)[C@H](c2ccc(Cl)cc2)N1. The third-order valence-corrected chi connectivity index (χ3v) is 7.22. The molecule has 0 bridgehead atoms. The molecule has 0 radical (unpaired) electrons. The molecule has 2 aromatic rings. The summed E-state index contributed by atoms with van der Waals surface area (Å²) in [7, 11) is 0. The van der Waals surface area contributed by atoms with Gasteiger partial charge in [-0.25, -0.2) is 4.79 Å². The van der Waals surface area contributed by atoms with E-state index in [1.807, 2.05) is 0 Å². The molecule has 3 aliphatic rings. The van der Waals surface area contributed by atoms with Crippen molar-refractivity contribution in [2.24, 2.45) is 5.41 Å². The summed E-state index contributed by atoms with van der Waals surface area (Å²) in [5.41, 5.74) is -0.832. The highest BCUT2D eigenvalue weighted by Gasteiger charge is 2.69. The van der Waals surface area contributed by atoms with Gasteiger partial charge in [-0.1, -0.05) is 53.9 Å². The number of ether oxygens (including phenoxy) is 2. The second-order valence-electron chi connectivity index (χ2n) is 8.71. The van der Waals surface area contributed by atoms with Gasteiger partial charge in [-0.05, 0) is 48.2 Å². The summed E-state index contributed by atoms with van der Waals surface area (Å²) in [4.78, 5) is 40.5. The Morgan fingerprint density at radius 2 is 1.12 bits per heavy atom. The van der Waals surface area contributed by atoms with E-state index in [2.05, 4.69) is 10.6 Å². The highest BCUT2D eigenvalue weighted by atomic mass is 35.5. The minimum atomic E-state index is -1.89. The van der Waals surface area contributed by atoms with Gasteiger partial charge in [0.25, 0.3) is 5.79 Å². The third kappa shape index (κ3) is 3.63. The van der Waals surface area contributed by atoms with Crippen LogP contribution in [0.2, 0.25) is 10.0 Å². The van der Waals surface area contributed by atoms with E-state index in [4.69, 9.17) is 32.7 Å². The minimum Gasteiger partial charge on any atom is -0.421 e. The maximum Gasteiger partial charge on any atom is 0.331 e. The van der Waals surface area contributed by atoms with Crippen molar-refractivity contribution in [1.29, 1.82) is 0 Å². The number of carbonyl (C=O) groups is 3. The lowest BCUT2D eigenvalue weighted by Crippen LogP contribution is -2.69. The highest BCUT2D eigenvalue weighted by Crippen LogP contribution is 2.53. The molecule has 2 saturated heterocycles. The number of rotatable bonds is 2. The molecule has 33 heavy (non-hydrogen) atoms. The molecular weight excluding hydrogens is 467 g/mol. The Kier molecular flexibility index (Phi) is 5.49. The van der Waals surface area contributed by atoms with Gasteiger partial charge in [-0.15, -0.1) is 0 Å². The maximum absolute atomic E-state index is 13.9. The van der Waals surface area contributed by atoms with E-state index in [1.54, 1.807) is 48.5 Å². The molecule has 1 saturated carbocycles. The van der Waals surface area contributed by atoms with Crippen LogP contribution in [0, 0.1) is 5.41 Å². The van der Waals surface area contributed by atoms with Crippen molar-refractivity contribution in [2.75, 3.05) is 0 Å². The molecule has 7 nitrogen and oxygen atoms in total. The molecule has 2 spiro atoms. The maximum atomic E-state index is 13.9. The summed E-state index contributed by atoms with van der Waals surface area (Å²) in [6.45, 7) is 0. The van der Waals surface area contributed by atoms with Crippen molar-refractivity contribution in [3.8, 4) is 0 Å². The molecule has 0 unspecified atom stereocenters. The van der Waals surface area contributed by atoms with Crippen LogP contribution >= 0.6 is 23.2 Å². The van der Waals surface area contributed by atoms with Gasteiger partial charge in [0.15, 0.2) is 0 Å². The second-order valence-corrected chi connectivity index (χ2v) is 9.58. The van der Waals surface area contributed by atoms with E-state index in [0.29, 0.717) is 34.0 Å². The van der Waals surface area contributed by atoms with Crippen LogP contribution in [-0.2, 0) is 19.1 Å². The van der Waals surface area contributed by atoms with Gasteiger partial charge in [-0.3, -0.25) is 9.59 Å². The average molecular weight is 489 g/mol. The Hall–Kier alpha value is -2.77. The fraction of sp³-hybridized carbons (Fsp3) is 0.375. The Bertz CT molecular complexity index is 1020. The smallest absolute Gasteiger partial charge is 0.331 e. The lowest BCUT2D eigenvalue weighted by atomic mass is 9.67. The summed E-state index contributed by atoms with van der Waals surface area (Å²) in [6.07, 6.45) is 3.49. The van der Waals surface area contributed by atoms with Crippen molar-refractivity contribution >= 4 is 41.2 Å². The Balaban J connectivity index is 1.66. The molecule has 9 heteroatoms. The predicted molar refractivity (Wildman–Crippen MR) is 120 cm³/mol. The van der Waals surface area contributed by atoms with Crippen molar-refractivity contribution in [1.82, 2.24) is 10.6 Å². The summed E-state index contributed by atoms with van der Waals surface area (Å²) in [5.74, 6) is -2.71. The molecule has 2 heterocycles. The number of esters is 2. The number of benzene rings is 2. The zero-order valence-corrected chi connectivity index (χ0v) is 19.1. The normalized spacial score (nSPS) is 25.7. The van der Waals surface area contributed by atoms with E-state index in [-0.39, 0.29) is 0 Å². The lowest BCUT2D eigenvalue weighted by molar-refractivity contribution is -0.276. The summed E-state index contributed by atoms with van der Waals surface area (Å²) in [5, 5.41) is 6.48. The molecular formula is C24H22Cl2N2O5. The van der Waals surface area contributed by atoms with Crippen molar-refractivity contribution in [3.63, 3.8) is 0 Å². The van der Waals surface area contributed by atoms with Crippen LogP contribution in [0.5, 0.6) is 0 Å². The zero-order valence-electron chi connectivity index (χ0n) is 17.6. The van der Waals surface area contributed by atoms with Gasteiger partial charge in [0.05, 0.1) is 12.1 Å². The molecule has 5 rings (SSSR count). The number of urea groups is 1. The quantitative estimate of drug-likeness (QED) is 0.466. The molecule has 3 fully saturated rings. The zero-order chi connectivity index (χ0) is 23.2. The molecule has 2 atom stereocenters. The lowest BCUT2D eigenvalue weighted by Gasteiger charge is -2.52. The van der Waals surface area contributed by atoms with Crippen LogP contribution in [-0.4, -0.2) is 23.8 Å². The van der Waals surface area contributed by atoms with Crippen LogP contribution < -0.4 is 10.6 Å². The summed E-state index contributed by atoms with van der Waals surface area (Å²) in [6, 6.07) is 10.6.